The quantitative estimate of drug-likeness (QED) is 0.619. The van der Waals surface area contributed by atoms with Crippen molar-refractivity contribution in [2.45, 2.75) is 0 Å². The molecule has 2 aromatic rings. The summed E-state index contributed by atoms with van der Waals surface area (Å²) in [6.07, 6.45) is 1.65. The lowest BCUT2D eigenvalue weighted by Crippen LogP contribution is -2.06. The van der Waals surface area contributed by atoms with Crippen LogP contribution in [-0.4, -0.2) is 33.2 Å². The summed E-state index contributed by atoms with van der Waals surface area (Å²) in [6.45, 7) is 0. The van der Waals surface area contributed by atoms with Gasteiger partial charge in [-0.2, -0.15) is 0 Å². The van der Waals surface area contributed by atoms with Gasteiger partial charge in [-0.1, -0.05) is 12.1 Å². The van der Waals surface area contributed by atoms with E-state index in [1.165, 1.54) is 0 Å². The lowest BCUT2D eigenvalue weighted by molar-refractivity contribution is -0.129. The highest BCUT2D eigenvalue weighted by Crippen LogP contribution is 2.26. The van der Waals surface area contributed by atoms with Crippen LogP contribution in [0.3, 0.4) is 0 Å². The number of carbonyl (C=O) groups is 1. The second-order valence-corrected chi connectivity index (χ2v) is 5.21. The Morgan fingerprint density at radius 2 is 1.60 bits per heavy atom. The van der Waals surface area contributed by atoms with Crippen LogP contribution in [0.25, 0.3) is 6.08 Å². The van der Waals surface area contributed by atoms with Gasteiger partial charge in [0.2, 0.25) is 5.90 Å². The molecule has 1 aliphatic rings. The van der Waals surface area contributed by atoms with Gasteiger partial charge in [-0.15, -0.1) is 0 Å². The highest BCUT2D eigenvalue weighted by atomic mass is 16.6. The Balaban J connectivity index is 1.96. The Hall–Kier alpha value is -3.28. The summed E-state index contributed by atoms with van der Waals surface area (Å²) >= 11 is 0. The number of benzene rings is 2. The maximum Gasteiger partial charge on any atom is 0.363 e. The smallest absolute Gasteiger partial charge is 0.363 e. The fourth-order valence-corrected chi connectivity index (χ4v) is 2.35. The minimum Gasteiger partial charge on any atom is -0.497 e. The number of rotatable bonds is 5. The third-order valence-electron chi connectivity index (χ3n) is 3.62. The molecule has 0 unspecified atom stereocenters. The minimum absolute atomic E-state index is 0.205. The van der Waals surface area contributed by atoms with Crippen LogP contribution in [0.4, 0.5) is 0 Å². The summed E-state index contributed by atoms with van der Waals surface area (Å²) in [5.41, 5.74) is 1.60. The van der Waals surface area contributed by atoms with E-state index in [1.54, 1.807) is 45.6 Å². The summed E-state index contributed by atoms with van der Waals surface area (Å²) in [5, 5.41) is 0. The van der Waals surface area contributed by atoms with Crippen LogP contribution in [0.1, 0.15) is 11.1 Å². The van der Waals surface area contributed by atoms with Gasteiger partial charge in [-0.05, 0) is 35.9 Å². The number of cyclic esters (lactones) is 1. The molecule has 25 heavy (non-hydrogen) atoms. The average molecular weight is 339 g/mol. The van der Waals surface area contributed by atoms with Gasteiger partial charge < -0.3 is 18.9 Å². The van der Waals surface area contributed by atoms with Gasteiger partial charge >= 0.3 is 5.97 Å². The molecule has 1 aliphatic heterocycles. The zero-order chi connectivity index (χ0) is 17.8. The molecule has 3 rings (SSSR count). The molecule has 0 atom stereocenters. The fraction of sp³-hybridized carbons (Fsp3) is 0.158. The first-order valence-corrected chi connectivity index (χ1v) is 7.53. The molecule has 0 saturated heterocycles. The fourth-order valence-electron chi connectivity index (χ4n) is 2.35. The molecule has 0 aliphatic carbocycles. The van der Waals surface area contributed by atoms with E-state index in [9.17, 15) is 4.79 Å². The topological polar surface area (TPSA) is 66.3 Å². The zero-order valence-corrected chi connectivity index (χ0v) is 14.1. The van der Waals surface area contributed by atoms with Crippen LogP contribution in [-0.2, 0) is 9.53 Å². The van der Waals surface area contributed by atoms with Gasteiger partial charge in [-0.3, -0.25) is 0 Å². The maximum absolute atomic E-state index is 12.1. The molecular weight excluding hydrogens is 322 g/mol. The molecule has 0 N–H and O–H groups in total. The van der Waals surface area contributed by atoms with Crippen LogP contribution in [0.2, 0.25) is 0 Å². The average Bonchev–Trinajstić information content (AvgIpc) is 3.02. The van der Waals surface area contributed by atoms with Crippen molar-refractivity contribution in [1.29, 1.82) is 0 Å². The second kappa shape index (κ2) is 7.09. The van der Waals surface area contributed by atoms with Crippen LogP contribution >= 0.6 is 0 Å². The van der Waals surface area contributed by atoms with Crippen molar-refractivity contribution >= 4 is 17.9 Å². The number of hydrogen-bond acceptors (Lipinski definition) is 6. The molecule has 0 spiro atoms. The molecule has 6 heteroatoms. The van der Waals surface area contributed by atoms with E-state index in [4.69, 9.17) is 18.9 Å². The number of ether oxygens (including phenoxy) is 4. The lowest BCUT2D eigenvalue weighted by atomic mass is 10.2. The monoisotopic (exact) mass is 339 g/mol. The molecular formula is C19H17NO5. The summed E-state index contributed by atoms with van der Waals surface area (Å²) in [7, 11) is 4.69. The van der Waals surface area contributed by atoms with Crippen molar-refractivity contribution in [3.63, 3.8) is 0 Å². The number of methoxy groups -OCH3 is 3. The Labute approximate surface area is 145 Å². The zero-order valence-electron chi connectivity index (χ0n) is 14.1. The van der Waals surface area contributed by atoms with Crippen LogP contribution in [0.15, 0.2) is 53.2 Å². The van der Waals surface area contributed by atoms with Crippen molar-refractivity contribution in [1.82, 2.24) is 0 Å². The van der Waals surface area contributed by atoms with Gasteiger partial charge in [0, 0.05) is 11.6 Å². The van der Waals surface area contributed by atoms with E-state index < -0.39 is 5.97 Å². The molecule has 0 saturated carbocycles. The molecule has 0 radical (unpaired) electrons. The summed E-state index contributed by atoms with van der Waals surface area (Å²) in [4.78, 5) is 16.4. The second-order valence-electron chi connectivity index (χ2n) is 5.21. The number of carbonyl (C=O) groups excluding carboxylic acids is 1. The van der Waals surface area contributed by atoms with Crippen molar-refractivity contribution < 1.29 is 23.7 Å². The Morgan fingerprint density at radius 1 is 0.920 bits per heavy atom. The molecule has 0 amide bonds. The Bertz CT molecular complexity index is 848. The molecule has 6 nitrogen and oxygen atoms in total. The highest BCUT2D eigenvalue weighted by molar-refractivity contribution is 6.13. The van der Waals surface area contributed by atoms with Gasteiger partial charge in [-0.25, -0.2) is 9.79 Å². The molecule has 0 fully saturated rings. The van der Waals surface area contributed by atoms with Gasteiger partial charge in [0.1, 0.15) is 17.2 Å². The van der Waals surface area contributed by atoms with E-state index >= 15 is 0 Å². The van der Waals surface area contributed by atoms with E-state index in [2.05, 4.69) is 4.99 Å². The van der Waals surface area contributed by atoms with E-state index in [1.807, 2.05) is 24.3 Å². The number of hydrogen-bond donors (Lipinski definition) is 0. The first-order valence-electron chi connectivity index (χ1n) is 7.53. The molecule has 128 valence electrons. The van der Waals surface area contributed by atoms with Crippen LogP contribution in [0, 0.1) is 0 Å². The van der Waals surface area contributed by atoms with Crippen molar-refractivity contribution in [3.8, 4) is 17.2 Å². The van der Waals surface area contributed by atoms with Crippen molar-refractivity contribution in [3.05, 3.63) is 59.3 Å². The van der Waals surface area contributed by atoms with Crippen LogP contribution in [0.5, 0.6) is 17.2 Å². The van der Waals surface area contributed by atoms with E-state index in [0.29, 0.717) is 22.8 Å². The normalized spacial score (nSPS) is 14.9. The highest BCUT2D eigenvalue weighted by Gasteiger charge is 2.25. The van der Waals surface area contributed by atoms with Crippen molar-refractivity contribution in [2.24, 2.45) is 4.99 Å². The van der Waals surface area contributed by atoms with Gasteiger partial charge in [0.15, 0.2) is 5.70 Å². The Kier molecular flexibility index (Phi) is 4.70. The standard InChI is InChI=1S/C19H17NO5/c1-22-14-6-4-5-12(7-14)8-17-19(21)25-18(20-17)13-9-15(23-2)11-16(10-13)24-3/h4-11H,1-3H3/b17-8-. The molecule has 0 bridgehead atoms. The van der Waals surface area contributed by atoms with E-state index in [-0.39, 0.29) is 11.6 Å². The summed E-state index contributed by atoms with van der Waals surface area (Å²) in [6, 6.07) is 12.5. The van der Waals surface area contributed by atoms with Gasteiger partial charge in [0.05, 0.1) is 21.3 Å². The number of nitrogens with zero attached hydrogens (tertiary/aromatic N) is 1. The first-order chi connectivity index (χ1) is 12.1. The number of aliphatic imine (C=N–C) groups is 1. The molecule has 2 aromatic carbocycles. The predicted octanol–water partition coefficient (Wildman–Crippen LogP) is 3.06. The SMILES string of the molecule is COc1cccc(/C=C2\N=C(c3cc(OC)cc(OC)c3)OC2=O)c1. The first kappa shape index (κ1) is 16.6. The molecule has 1 heterocycles. The summed E-state index contributed by atoms with van der Waals surface area (Å²) in [5.74, 6) is 1.55. The lowest BCUT2D eigenvalue weighted by Gasteiger charge is -2.07. The largest absolute Gasteiger partial charge is 0.497 e. The summed E-state index contributed by atoms with van der Waals surface area (Å²) < 4.78 is 20.9. The number of esters is 1. The third-order valence-corrected chi connectivity index (χ3v) is 3.62. The van der Waals surface area contributed by atoms with E-state index in [0.717, 1.165) is 5.56 Å². The van der Waals surface area contributed by atoms with Crippen LogP contribution < -0.4 is 14.2 Å². The van der Waals surface area contributed by atoms with Gasteiger partial charge in [0.25, 0.3) is 0 Å². The predicted molar refractivity (Wildman–Crippen MR) is 93.1 cm³/mol. The van der Waals surface area contributed by atoms with Crippen molar-refractivity contribution in [2.75, 3.05) is 21.3 Å². The maximum atomic E-state index is 12.1. The minimum atomic E-state index is -0.514. The molecule has 0 aromatic heterocycles. The third kappa shape index (κ3) is 3.63. The Morgan fingerprint density at radius 3 is 2.24 bits per heavy atom.